The summed E-state index contributed by atoms with van der Waals surface area (Å²) < 4.78 is 18.0. The third-order valence-electron chi connectivity index (χ3n) is 3.70. The maximum atomic E-state index is 13.0. The van der Waals surface area contributed by atoms with Crippen LogP contribution in [0.1, 0.15) is 11.1 Å². The molecule has 5 nitrogen and oxygen atoms in total. The van der Waals surface area contributed by atoms with Crippen LogP contribution in [0.3, 0.4) is 0 Å². The minimum atomic E-state index is -0.498. The molecule has 0 unspecified atom stereocenters. The number of nitrogens with zero attached hydrogens (tertiary/aromatic N) is 1. The topological polar surface area (TPSA) is 66.8 Å². The molecule has 134 valence electrons. The summed E-state index contributed by atoms with van der Waals surface area (Å²) in [6.07, 6.45) is 1.39. The van der Waals surface area contributed by atoms with E-state index in [1.807, 2.05) is 0 Å². The number of phenols is 1. The Balaban J connectivity index is 1.88. The van der Waals surface area contributed by atoms with Crippen LogP contribution in [0.2, 0.25) is 5.02 Å². The van der Waals surface area contributed by atoms with Gasteiger partial charge in [-0.1, -0.05) is 23.7 Å². The van der Waals surface area contributed by atoms with Crippen molar-refractivity contribution >= 4 is 40.6 Å². The SMILES string of the molecule is COc1cc(Cl)cc(/C=C2/SC(=O)N(Cc3ccc(F)cc3)C2=O)c1O. The van der Waals surface area contributed by atoms with Crippen molar-refractivity contribution in [2.45, 2.75) is 6.54 Å². The molecule has 26 heavy (non-hydrogen) atoms. The number of halogens is 2. The number of imide groups is 1. The molecule has 0 atom stereocenters. The van der Waals surface area contributed by atoms with Crippen molar-refractivity contribution in [3.05, 3.63) is 63.3 Å². The highest BCUT2D eigenvalue weighted by molar-refractivity contribution is 8.18. The number of ether oxygens (including phenoxy) is 1. The van der Waals surface area contributed by atoms with Gasteiger partial charge in [-0.15, -0.1) is 0 Å². The molecule has 0 aliphatic carbocycles. The van der Waals surface area contributed by atoms with Crippen LogP contribution in [-0.4, -0.2) is 28.3 Å². The normalized spacial score (nSPS) is 15.8. The Morgan fingerprint density at radius 3 is 2.62 bits per heavy atom. The van der Waals surface area contributed by atoms with Crippen molar-refractivity contribution in [1.82, 2.24) is 4.90 Å². The summed E-state index contributed by atoms with van der Waals surface area (Å²) in [4.78, 5) is 25.9. The number of amides is 2. The highest BCUT2D eigenvalue weighted by atomic mass is 35.5. The monoisotopic (exact) mass is 393 g/mol. The van der Waals surface area contributed by atoms with E-state index >= 15 is 0 Å². The third kappa shape index (κ3) is 3.68. The van der Waals surface area contributed by atoms with Crippen LogP contribution < -0.4 is 4.74 Å². The van der Waals surface area contributed by atoms with Gasteiger partial charge in [-0.25, -0.2) is 4.39 Å². The Kier molecular flexibility index (Phi) is 5.20. The summed E-state index contributed by atoms with van der Waals surface area (Å²) in [5.74, 6) is -0.910. The van der Waals surface area contributed by atoms with E-state index in [0.717, 1.165) is 16.7 Å². The maximum Gasteiger partial charge on any atom is 0.293 e. The number of methoxy groups -OCH3 is 1. The molecule has 0 bridgehead atoms. The van der Waals surface area contributed by atoms with E-state index in [1.165, 1.54) is 49.6 Å². The highest BCUT2D eigenvalue weighted by Crippen LogP contribution is 2.38. The van der Waals surface area contributed by atoms with Crippen LogP contribution in [0.25, 0.3) is 6.08 Å². The lowest BCUT2D eigenvalue weighted by Crippen LogP contribution is -2.27. The average Bonchev–Trinajstić information content (AvgIpc) is 2.87. The Labute approximate surface area is 158 Å². The van der Waals surface area contributed by atoms with Gasteiger partial charge in [0.25, 0.3) is 11.1 Å². The number of carbonyl (C=O) groups is 2. The van der Waals surface area contributed by atoms with E-state index in [1.54, 1.807) is 0 Å². The molecule has 0 saturated carbocycles. The molecular formula is C18H13ClFNO4S. The second kappa shape index (κ2) is 7.39. The maximum absolute atomic E-state index is 13.0. The largest absolute Gasteiger partial charge is 0.504 e. The second-order valence-corrected chi connectivity index (χ2v) is 6.87. The Morgan fingerprint density at radius 1 is 1.27 bits per heavy atom. The van der Waals surface area contributed by atoms with Crippen molar-refractivity contribution < 1.29 is 23.8 Å². The molecule has 1 heterocycles. The average molecular weight is 394 g/mol. The first kappa shape index (κ1) is 18.3. The predicted octanol–water partition coefficient (Wildman–Crippen LogP) is 4.43. The highest BCUT2D eigenvalue weighted by Gasteiger charge is 2.35. The van der Waals surface area contributed by atoms with Crippen molar-refractivity contribution in [3.63, 3.8) is 0 Å². The van der Waals surface area contributed by atoms with Gasteiger partial charge >= 0.3 is 0 Å². The smallest absolute Gasteiger partial charge is 0.293 e. The van der Waals surface area contributed by atoms with Gasteiger partial charge < -0.3 is 9.84 Å². The Bertz CT molecular complexity index is 914. The van der Waals surface area contributed by atoms with Crippen LogP contribution in [0.4, 0.5) is 9.18 Å². The number of thioether (sulfide) groups is 1. The summed E-state index contributed by atoms with van der Waals surface area (Å²) >= 11 is 6.74. The van der Waals surface area contributed by atoms with Crippen molar-refractivity contribution in [2.24, 2.45) is 0 Å². The number of hydrogen-bond donors (Lipinski definition) is 1. The molecule has 1 saturated heterocycles. The molecule has 8 heteroatoms. The molecule has 2 aromatic rings. The summed E-state index contributed by atoms with van der Waals surface area (Å²) in [6.45, 7) is 0.0349. The van der Waals surface area contributed by atoms with Gasteiger partial charge in [0.2, 0.25) is 0 Å². The number of benzene rings is 2. The fourth-order valence-electron chi connectivity index (χ4n) is 2.41. The minimum Gasteiger partial charge on any atom is -0.504 e. The lowest BCUT2D eigenvalue weighted by atomic mass is 10.1. The molecule has 0 spiro atoms. The molecule has 1 aliphatic heterocycles. The zero-order chi connectivity index (χ0) is 18.8. The van der Waals surface area contributed by atoms with Gasteiger partial charge in [0.1, 0.15) is 5.82 Å². The van der Waals surface area contributed by atoms with E-state index in [4.69, 9.17) is 16.3 Å². The minimum absolute atomic E-state index is 0.0349. The summed E-state index contributed by atoms with van der Waals surface area (Å²) in [5, 5.41) is 10.0. The molecule has 1 fully saturated rings. The lowest BCUT2D eigenvalue weighted by Gasteiger charge is -2.12. The number of carbonyl (C=O) groups excluding carboxylic acids is 2. The standard InChI is InChI=1S/C18H13ClFNO4S/c1-25-14-8-12(19)6-11(16(14)22)7-15-17(23)21(18(24)26-15)9-10-2-4-13(20)5-3-10/h2-8,22H,9H2,1H3/b15-7+. The molecule has 1 N–H and O–H groups in total. The van der Waals surface area contributed by atoms with E-state index in [0.29, 0.717) is 10.6 Å². The molecule has 0 radical (unpaired) electrons. The molecule has 2 aromatic carbocycles. The van der Waals surface area contributed by atoms with E-state index in [9.17, 15) is 19.1 Å². The number of hydrogen-bond acceptors (Lipinski definition) is 5. The van der Waals surface area contributed by atoms with Crippen molar-refractivity contribution in [1.29, 1.82) is 0 Å². The number of rotatable bonds is 4. The quantitative estimate of drug-likeness (QED) is 0.778. The first-order valence-electron chi connectivity index (χ1n) is 7.45. The lowest BCUT2D eigenvalue weighted by molar-refractivity contribution is -0.123. The van der Waals surface area contributed by atoms with Gasteiger partial charge in [-0.2, -0.15) is 0 Å². The Hall–Kier alpha value is -2.51. The van der Waals surface area contributed by atoms with Crippen LogP contribution in [0.5, 0.6) is 11.5 Å². The first-order chi connectivity index (χ1) is 12.4. The van der Waals surface area contributed by atoms with Gasteiger partial charge in [-0.05, 0) is 41.6 Å². The van der Waals surface area contributed by atoms with Crippen LogP contribution >= 0.6 is 23.4 Å². The van der Waals surface area contributed by atoms with E-state index in [-0.39, 0.29) is 28.5 Å². The summed E-state index contributed by atoms with van der Waals surface area (Å²) in [5.41, 5.74) is 0.892. The zero-order valence-corrected chi connectivity index (χ0v) is 15.1. The molecule has 0 aromatic heterocycles. The van der Waals surface area contributed by atoms with Gasteiger partial charge in [0, 0.05) is 16.7 Å². The number of phenolic OH excluding ortho intramolecular Hbond substituents is 1. The zero-order valence-electron chi connectivity index (χ0n) is 13.5. The van der Waals surface area contributed by atoms with Gasteiger partial charge in [-0.3, -0.25) is 14.5 Å². The van der Waals surface area contributed by atoms with E-state index in [2.05, 4.69) is 0 Å². The fraction of sp³-hybridized carbons (Fsp3) is 0.111. The van der Waals surface area contributed by atoms with Gasteiger partial charge in [0.05, 0.1) is 18.6 Å². The van der Waals surface area contributed by atoms with Crippen LogP contribution in [0.15, 0.2) is 41.3 Å². The van der Waals surface area contributed by atoms with Crippen molar-refractivity contribution in [2.75, 3.05) is 7.11 Å². The fourth-order valence-corrected chi connectivity index (χ4v) is 3.46. The van der Waals surface area contributed by atoms with Gasteiger partial charge in [0.15, 0.2) is 11.5 Å². The second-order valence-electron chi connectivity index (χ2n) is 5.44. The predicted molar refractivity (Wildman–Crippen MR) is 97.6 cm³/mol. The van der Waals surface area contributed by atoms with Crippen LogP contribution in [0, 0.1) is 5.82 Å². The van der Waals surface area contributed by atoms with Crippen LogP contribution in [-0.2, 0) is 11.3 Å². The molecular weight excluding hydrogens is 381 g/mol. The molecule has 2 amide bonds. The third-order valence-corrected chi connectivity index (χ3v) is 4.83. The molecule has 1 aliphatic rings. The summed E-state index contributed by atoms with van der Waals surface area (Å²) in [7, 11) is 1.38. The number of aromatic hydroxyl groups is 1. The van der Waals surface area contributed by atoms with Crippen molar-refractivity contribution in [3.8, 4) is 11.5 Å². The first-order valence-corrected chi connectivity index (χ1v) is 8.65. The molecule has 3 rings (SSSR count). The Morgan fingerprint density at radius 2 is 1.96 bits per heavy atom. The summed E-state index contributed by atoms with van der Waals surface area (Å²) in [6, 6.07) is 8.45. The van der Waals surface area contributed by atoms with E-state index < -0.39 is 17.0 Å².